The summed E-state index contributed by atoms with van der Waals surface area (Å²) >= 11 is 0. The molecule has 1 aromatic carbocycles. The summed E-state index contributed by atoms with van der Waals surface area (Å²) in [5.74, 6) is -4.59. The Balaban J connectivity index is 2.14. The smallest absolute Gasteiger partial charge is 0.276 e. The summed E-state index contributed by atoms with van der Waals surface area (Å²) in [5, 5.41) is 12.5. The van der Waals surface area contributed by atoms with Crippen molar-refractivity contribution >= 4 is 17.4 Å². The third-order valence-electron chi connectivity index (χ3n) is 2.50. The zero-order valence-corrected chi connectivity index (χ0v) is 11.0. The number of hydrogen-bond acceptors (Lipinski definition) is 4. The van der Waals surface area contributed by atoms with Crippen LogP contribution in [0.4, 0.5) is 24.7 Å². The molecular weight excluding hydrogens is 285 g/mol. The summed E-state index contributed by atoms with van der Waals surface area (Å²) in [6.07, 6.45) is 0. The van der Waals surface area contributed by atoms with Gasteiger partial charge in [-0.25, -0.2) is 13.2 Å². The fraction of sp³-hybridized carbons (Fsp3) is 0.154. The predicted molar refractivity (Wildman–Crippen MR) is 70.5 cm³/mol. The van der Waals surface area contributed by atoms with Crippen molar-refractivity contribution in [3.05, 3.63) is 47.4 Å². The Kier molecular flexibility index (Phi) is 4.36. The van der Waals surface area contributed by atoms with Crippen LogP contribution < -0.4 is 10.6 Å². The predicted octanol–water partition coefficient (Wildman–Crippen LogP) is 2.58. The number of hydrogen-bond donors (Lipinski definition) is 2. The van der Waals surface area contributed by atoms with E-state index in [1.165, 1.54) is 12.1 Å². The molecule has 2 N–H and O–H groups in total. The van der Waals surface area contributed by atoms with E-state index in [1.807, 2.05) is 6.92 Å². The fourth-order valence-corrected chi connectivity index (χ4v) is 1.55. The maximum absolute atomic E-state index is 13.0. The lowest BCUT2D eigenvalue weighted by Crippen LogP contribution is -2.15. The third-order valence-corrected chi connectivity index (χ3v) is 2.50. The Hall–Kier alpha value is -2.64. The second-order valence-electron chi connectivity index (χ2n) is 4.04. The standard InChI is InChI=1S/C13H11F3N4O/c1-2-17-11-4-3-10(19-20-11)13(21)18-7-5-8(14)12(16)9(15)6-7/h3-6H,2H2,1H3,(H,17,20)(H,18,21). The number of carbonyl (C=O) groups excluding carboxylic acids is 1. The Morgan fingerprint density at radius 3 is 2.33 bits per heavy atom. The molecule has 0 aliphatic carbocycles. The van der Waals surface area contributed by atoms with Crippen molar-refractivity contribution in [1.82, 2.24) is 10.2 Å². The minimum absolute atomic E-state index is 0.0400. The van der Waals surface area contributed by atoms with Crippen LogP contribution in [0.3, 0.4) is 0 Å². The van der Waals surface area contributed by atoms with Crippen molar-refractivity contribution in [3.63, 3.8) is 0 Å². The highest BCUT2D eigenvalue weighted by Crippen LogP contribution is 2.17. The number of nitrogens with zero attached hydrogens (tertiary/aromatic N) is 2. The molecular formula is C13H11F3N4O. The van der Waals surface area contributed by atoms with E-state index in [1.54, 1.807) is 0 Å². The average Bonchev–Trinajstić information content (AvgIpc) is 2.45. The summed E-state index contributed by atoms with van der Waals surface area (Å²) in [7, 11) is 0. The molecule has 1 aromatic heterocycles. The fourth-order valence-electron chi connectivity index (χ4n) is 1.55. The van der Waals surface area contributed by atoms with E-state index in [2.05, 4.69) is 20.8 Å². The van der Waals surface area contributed by atoms with Crippen LogP contribution in [0.5, 0.6) is 0 Å². The molecule has 0 aliphatic heterocycles. The molecule has 0 radical (unpaired) electrons. The van der Waals surface area contributed by atoms with Gasteiger partial charge in [0.05, 0.1) is 0 Å². The minimum Gasteiger partial charge on any atom is -0.369 e. The largest absolute Gasteiger partial charge is 0.369 e. The molecule has 1 amide bonds. The van der Waals surface area contributed by atoms with Gasteiger partial charge in [-0.15, -0.1) is 10.2 Å². The number of amides is 1. The maximum atomic E-state index is 13.0. The van der Waals surface area contributed by atoms with E-state index in [-0.39, 0.29) is 11.4 Å². The summed E-state index contributed by atoms with van der Waals surface area (Å²) < 4.78 is 38.9. The van der Waals surface area contributed by atoms with Gasteiger partial charge in [0.15, 0.2) is 23.1 Å². The van der Waals surface area contributed by atoms with Crippen LogP contribution in [-0.2, 0) is 0 Å². The first-order valence-electron chi connectivity index (χ1n) is 6.04. The van der Waals surface area contributed by atoms with Crippen LogP contribution in [-0.4, -0.2) is 22.6 Å². The summed E-state index contributed by atoms with van der Waals surface area (Å²) in [6, 6.07) is 4.29. The Labute approximate surface area is 118 Å². The van der Waals surface area contributed by atoms with Gasteiger partial charge in [-0.05, 0) is 19.1 Å². The van der Waals surface area contributed by atoms with Gasteiger partial charge in [-0.3, -0.25) is 4.79 Å². The molecule has 0 fully saturated rings. The molecule has 0 aliphatic rings. The van der Waals surface area contributed by atoms with Gasteiger partial charge in [0.2, 0.25) is 0 Å². The number of halogens is 3. The number of rotatable bonds is 4. The van der Waals surface area contributed by atoms with Crippen LogP contribution in [0.25, 0.3) is 0 Å². The highest BCUT2D eigenvalue weighted by Gasteiger charge is 2.14. The van der Waals surface area contributed by atoms with Crippen LogP contribution in [0.1, 0.15) is 17.4 Å². The van der Waals surface area contributed by atoms with Crippen molar-refractivity contribution in [2.24, 2.45) is 0 Å². The normalized spacial score (nSPS) is 10.3. The highest BCUT2D eigenvalue weighted by molar-refractivity contribution is 6.02. The number of nitrogens with one attached hydrogen (secondary N) is 2. The molecule has 0 unspecified atom stereocenters. The Morgan fingerprint density at radius 2 is 1.81 bits per heavy atom. The average molecular weight is 296 g/mol. The van der Waals surface area contributed by atoms with Crippen LogP contribution in [0.2, 0.25) is 0 Å². The van der Waals surface area contributed by atoms with E-state index in [9.17, 15) is 18.0 Å². The topological polar surface area (TPSA) is 66.9 Å². The highest BCUT2D eigenvalue weighted by atomic mass is 19.2. The second kappa shape index (κ2) is 6.21. The molecule has 0 saturated carbocycles. The van der Waals surface area contributed by atoms with Crippen LogP contribution >= 0.6 is 0 Å². The summed E-state index contributed by atoms with van der Waals surface area (Å²) in [5.41, 5.74) is -0.254. The second-order valence-corrected chi connectivity index (χ2v) is 4.04. The van der Waals surface area contributed by atoms with E-state index in [4.69, 9.17) is 0 Å². The van der Waals surface area contributed by atoms with Crippen molar-refractivity contribution in [1.29, 1.82) is 0 Å². The molecule has 0 atom stereocenters. The summed E-state index contributed by atoms with van der Waals surface area (Å²) in [4.78, 5) is 11.8. The SMILES string of the molecule is CCNc1ccc(C(=O)Nc2cc(F)c(F)c(F)c2)nn1. The molecule has 0 spiro atoms. The van der Waals surface area contributed by atoms with E-state index >= 15 is 0 Å². The monoisotopic (exact) mass is 296 g/mol. The van der Waals surface area contributed by atoms with E-state index < -0.39 is 23.4 Å². The number of aromatic nitrogens is 2. The van der Waals surface area contributed by atoms with Gasteiger partial charge < -0.3 is 10.6 Å². The van der Waals surface area contributed by atoms with E-state index in [0.717, 1.165) is 0 Å². The number of anilines is 2. The lowest BCUT2D eigenvalue weighted by molar-refractivity contribution is 0.102. The maximum Gasteiger partial charge on any atom is 0.276 e. The van der Waals surface area contributed by atoms with Gasteiger partial charge in [-0.1, -0.05) is 0 Å². The quantitative estimate of drug-likeness (QED) is 0.851. The minimum atomic E-state index is -1.59. The molecule has 110 valence electrons. The molecule has 0 bridgehead atoms. The molecule has 1 heterocycles. The van der Waals surface area contributed by atoms with Crippen LogP contribution in [0.15, 0.2) is 24.3 Å². The summed E-state index contributed by atoms with van der Waals surface area (Å²) in [6.45, 7) is 2.52. The number of carbonyl (C=O) groups is 1. The van der Waals surface area contributed by atoms with Gasteiger partial charge in [0.25, 0.3) is 5.91 Å². The lowest BCUT2D eigenvalue weighted by atomic mass is 10.2. The van der Waals surface area contributed by atoms with Crippen molar-refractivity contribution in [2.75, 3.05) is 17.2 Å². The first kappa shape index (κ1) is 14.8. The van der Waals surface area contributed by atoms with E-state index in [0.29, 0.717) is 24.5 Å². The molecule has 8 heteroatoms. The molecule has 2 aromatic rings. The molecule has 0 saturated heterocycles. The lowest BCUT2D eigenvalue weighted by Gasteiger charge is -2.06. The molecule has 21 heavy (non-hydrogen) atoms. The Bertz CT molecular complexity index is 638. The van der Waals surface area contributed by atoms with Crippen molar-refractivity contribution in [3.8, 4) is 0 Å². The van der Waals surface area contributed by atoms with Crippen molar-refractivity contribution in [2.45, 2.75) is 6.92 Å². The molecule has 2 rings (SSSR count). The molecule has 5 nitrogen and oxygen atoms in total. The first-order valence-corrected chi connectivity index (χ1v) is 6.04. The van der Waals surface area contributed by atoms with Gasteiger partial charge in [0, 0.05) is 24.4 Å². The third kappa shape index (κ3) is 3.47. The zero-order chi connectivity index (χ0) is 15.4. The van der Waals surface area contributed by atoms with Crippen LogP contribution in [0, 0.1) is 17.5 Å². The van der Waals surface area contributed by atoms with Gasteiger partial charge in [0.1, 0.15) is 5.82 Å². The first-order chi connectivity index (χ1) is 10.0. The zero-order valence-electron chi connectivity index (χ0n) is 11.0. The van der Waals surface area contributed by atoms with Gasteiger partial charge >= 0.3 is 0 Å². The van der Waals surface area contributed by atoms with Crippen molar-refractivity contribution < 1.29 is 18.0 Å². The Morgan fingerprint density at radius 1 is 1.14 bits per heavy atom. The van der Waals surface area contributed by atoms with Gasteiger partial charge in [-0.2, -0.15) is 0 Å². The number of benzene rings is 1.